The smallest absolute Gasteiger partial charge is 0.387 e. The molecule has 0 spiro atoms. The third-order valence-electron chi connectivity index (χ3n) is 1.43. The van der Waals surface area contributed by atoms with Crippen LogP contribution in [-0.2, 0) is 6.61 Å². The number of aliphatic hydroxyl groups is 1. The molecule has 72 valence electrons. The molecule has 0 aliphatic heterocycles. The van der Waals surface area contributed by atoms with Gasteiger partial charge in [0, 0.05) is 5.56 Å². The zero-order chi connectivity index (χ0) is 9.84. The average molecular weight is 192 g/mol. The van der Waals surface area contributed by atoms with E-state index in [1.165, 1.54) is 12.1 Å². The summed E-state index contributed by atoms with van der Waals surface area (Å²) < 4.78 is 40.3. The summed E-state index contributed by atoms with van der Waals surface area (Å²) in [5, 5.41) is 8.59. The van der Waals surface area contributed by atoms with Gasteiger partial charge in [-0.25, -0.2) is 4.39 Å². The summed E-state index contributed by atoms with van der Waals surface area (Å²) >= 11 is 0. The Hall–Kier alpha value is -1.23. The molecule has 0 unspecified atom stereocenters. The van der Waals surface area contributed by atoms with E-state index in [2.05, 4.69) is 4.74 Å². The topological polar surface area (TPSA) is 29.5 Å². The number of ether oxygens (including phenoxy) is 1. The lowest BCUT2D eigenvalue weighted by Crippen LogP contribution is -2.05. The maximum atomic E-state index is 13.0. The van der Waals surface area contributed by atoms with E-state index >= 15 is 0 Å². The maximum Gasteiger partial charge on any atom is 0.387 e. The van der Waals surface area contributed by atoms with Crippen molar-refractivity contribution in [3.63, 3.8) is 0 Å². The van der Waals surface area contributed by atoms with Crippen molar-refractivity contribution in [1.29, 1.82) is 0 Å². The molecule has 0 bridgehead atoms. The molecule has 0 aliphatic rings. The summed E-state index contributed by atoms with van der Waals surface area (Å²) in [5.74, 6) is -1.51. The van der Waals surface area contributed by atoms with E-state index in [1.54, 1.807) is 0 Å². The van der Waals surface area contributed by atoms with Crippen molar-refractivity contribution >= 4 is 0 Å². The number of hydrogen-bond donors (Lipinski definition) is 1. The van der Waals surface area contributed by atoms with Crippen LogP contribution in [0.4, 0.5) is 13.2 Å². The predicted octanol–water partition coefficient (Wildman–Crippen LogP) is 1.92. The summed E-state index contributed by atoms with van der Waals surface area (Å²) in [6, 6.07) is 3.68. The second-order valence-corrected chi connectivity index (χ2v) is 2.27. The zero-order valence-corrected chi connectivity index (χ0v) is 6.51. The molecule has 1 aromatic rings. The summed E-state index contributed by atoms with van der Waals surface area (Å²) in [6.45, 7) is -3.62. The fourth-order valence-electron chi connectivity index (χ4n) is 0.865. The molecule has 13 heavy (non-hydrogen) atoms. The van der Waals surface area contributed by atoms with Crippen molar-refractivity contribution in [2.75, 3.05) is 0 Å². The van der Waals surface area contributed by atoms with E-state index in [9.17, 15) is 13.2 Å². The standard InChI is InChI=1S/C8H7F3O2/c9-7-5(4-12)2-1-3-6(7)13-8(10)11/h1-3,8,12H,4H2. The highest BCUT2D eigenvalue weighted by Crippen LogP contribution is 2.21. The molecule has 2 nitrogen and oxygen atoms in total. The SMILES string of the molecule is OCc1cccc(OC(F)F)c1F. The van der Waals surface area contributed by atoms with Gasteiger partial charge < -0.3 is 9.84 Å². The fourth-order valence-corrected chi connectivity index (χ4v) is 0.865. The Morgan fingerprint density at radius 2 is 2.08 bits per heavy atom. The van der Waals surface area contributed by atoms with E-state index in [0.29, 0.717) is 0 Å². The fraction of sp³-hybridized carbons (Fsp3) is 0.250. The Morgan fingerprint density at radius 1 is 1.38 bits per heavy atom. The first-order chi connectivity index (χ1) is 6.15. The van der Waals surface area contributed by atoms with Gasteiger partial charge in [-0.15, -0.1) is 0 Å². The Labute approximate surface area is 72.6 Å². The lowest BCUT2D eigenvalue weighted by atomic mass is 10.2. The number of rotatable bonds is 3. The molecule has 0 atom stereocenters. The van der Waals surface area contributed by atoms with Crippen LogP contribution in [0.1, 0.15) is 5.56 Å². The van der Waals surface area contributed by atoms with Crippen molar-refractivity contribution in [3.05, 3.63) is 29.6 Å². The minimum absolute atomic E-state index is 0.0712. The molecule has 1 aromatic carbocycles. The number of halogens is 3. The van der Waals surface area contributed by atoms with Gasteiger partial charge in [-0.2, -0.15) is 8.78 Å². The first-order valence-electron chi connectivity index (χ1n) is 3.48. The summed E-state index contributed by atoms with van der Waals surface area (Å²) in [7, 11) is 0. The van der Waals surface area contributed by atoms with E-state index in [1.807, 2.05) is 0 Å². The molecule has 0 saturated carbocycles. The van der Waals surface area contributed by atoms with Crippen molar-refractivity contribution in [3.8, 4) is 5.75 Å². The number of hydrogen-bond acceptors (Lipinski definition) is 2. The van der Waals surface area contributed by atoms with Gasteiger partial charge in [0.05, 0.1) is 6.61 Å². The number of alkyl halides is 2. The molecule has 0 heterocycles. The summed E-state index contributed by atoms with van der Waals surface area (Å²) in [4.78, 5) is 0. The third-order valence-corrected chi connectivity index (χ3v) is 1.43. The van der Waals surface area contributed by atoms with E-state index in [-0.39, 0.29) is 5.56 Å². The molecule has 1 rings (SSSR count). The molecule has 0 radical (unpaired) electrons. The summed E-state index contributed by atoms with van der Waals surface area (Å²) in [6.07, 6.45) is 0. The van der Waals surface area contributed by atoms with E-state index in [4.69, 9.17) is 5.11 Å². The van der Waals surface area contributed by atoms with Gasteiger partial charge in [-0.1, -0.05) is 12.1 Å². The van der Waals surface area contributed by atoms with Crippen LogP contribution in [-0.4, -0.2) is 11.7 Å². The molecule has 0 aromatic heterocycles. The van der Waals surface area contributed by atoms with Crippen LogP contribution in [0.2, 0.25) is 0 Å². The van der Waals surface area contributed by atoms with E-state index < -0.39 is 24.8 Å². The van der Waals surface area contributed by atoms with Gasteiger partial charge in [0.1, 0.15) is 0 Å². The first-order valence-corrected chi connectivity index (χ1v) is 3.48. The van der Waals surface area contributed by atoms with Crippen LogP contribution in [0.15, 0.2) is 18.2 Å². The highest BCUT2D eigenvalue weighted by molar-refractivity contribution is 5.30. The van der Waals surface area contributed by atoms with Gasteiger partial charge in [0.2, 0.25) is 0 Å². The monoisotopic (exact) mass is 192 g/mol. The largest absolute Gasteiger partial charge is 0.432 e. The molecule has 0 fully saturated rings. The van der Waals surface area contributed by atoms with Gasteiger partial charge in [0.25, 0.3) is 0 Å². The first kappa shape index (κ1) is 9.85. The van der Waals surface area contributed by atoms with E-state index in [0.717, 1.165) is 6.07 Å². The highest BCUT2D eigenvalue weighted by Gasteiger charge is 2.12. The molecule has 1 N–H and O–H groups in total. The quantitative estimate of drug-likeness (QED) is 0.792. The zero-order valence-electron chi connectivity index (χ0n) is 6.51. The Bertz CT molecular complexity index is 289. The normalized spacial score (nSPS) is 10.5. The van der Waals surface area contributed by atoms with Crippen LogP contribution in [0, 0.1) is 5.82 Å². The molecule has 5 heteroatoms. The van der Waals surface area contributed by atoms with Crippen LogP contribution >= 0.6 is 0 Å². The lowest BCUT2D eigenvalue weighted by Gasteiger charge is -2.07. The minimum atomic E-state index is -3.07. The molecular weight excluding hydrogens is 185 g/mol. The van der Waals surface area contributed by atoms with Crippen LogP contribution < -0.4 is 4.74 Å². The average Bonchev–Trinajstić information content (AvgIpc) is 2.08. The summed E-state index contributed by atoms with van der Waals surface area (Å²) in [5.41, 5.74) is -0.0712. The van der Waals surface area contributed by atoms with Crippen LogP contribution in [0.25, 0.3) is 0 Å². The Kier molecular flexibility index (Phi) is 3.13. The van der Waals surface area contributed by atoms with Crippen molar-refractivity contribution in [1.82, 2.24) is 0 Å². The third kappa shape index (κ3) is 2.35. The Morgan fingerprint density at radius 3 is 2.62 bits per heavy atom. The number of benzene rings is 1. The van der Waals surface area contributed by atoms with Gasteiger partial charge in [-0.05, 0) is 6.07 Å². The molecular formula is C8H7F3O2. The number of aliphatic hydroxyl groups excluding tert-OH is 1. The van der Waals surface area contributed by atoms with Crippen LogP contribution in [0.5, 0.6) is 5.75 Å². The maximum absolute atomic E-state index is 13.0. The second kappa shape index (κ2) is 4.13. The lowest BCUT2D eigenvalue weighted by molar-refractivity contribution is -0.0523. The molecule has 0 saturated heterocycles. The van der Waals surface area contributed by atoms with Crippen LogP contribution in [0.3, 0.4) is 0 Å². The van der Waals surface area contributed by atoms with Crippen molar-refractivity contribution in [2.45, 2.75) is 13.2 Å². The highest BCUT2D eigenvalue weighted by atomic mass is 19.3. The molecule has 0 aliphatic carbocycles. The molecule has 0 amide bonds. The Balaban J connectivity index is 2.94. The predicted molar refractivity (Wildman–Crippen MR) is 39.0 cm³/mol. The van der Waals surface area contributed by atoms with Crippen molar-refractivity contribution in [2.24, 2.45) is 0 Å². The van der Waals surface area contributed by atoms with Gasteiger partial charge >= 0.3 is 6.61 Å². The second-order valence-electron chi connectivity index (χ2n) is 2.27. The minimum Gasteiger partial charge on any atom is -0.432 e. The van der Waals surface area contributed by atoms with Crippen molar-refractivity contribution < 1.29 is 23.0 Å². The van der Waals surface area contributed by atoms with Gasteiger partial charge in [-0.3, -0.25) is 0 Å². The van der Waals surface area contributed by atoms with Gasteiger partial charge in [0.15, 0.2) is 11.6 Å².